The first-order valence-electron chi connectivity index (χ1n) is 6.48. The molecule has 6 heteroatoms. The van der Waals surface area contributed by atoms with Crippen LogP contribution >= 0.6 is 0 Å². The Kier molecular flexibility index (Phi) is 3.96. The Morgan fingerprint density at radius 3 is 2.78 bits per heavy atom. The normalized spacial score (nSPS) is 17.9. The largest absolute Gasteiger partial charge is 0.343 e. The molecule has 0 aromatic carbocycles. The van der Waals surface area contributed by atoms with Crippen molar-refractivity contribution in [3.05, 3.63) is 11.7 Å². The topological polar surface area (TPSA) is 94.0 Å². The summed E-state index contributed by atoms with van der Waals surface area (Å²) >= 11 is 0. The van der Waals surface area contributed by atoms with Crippen LogP contribution in [0.3, 0.4) is 0 Å². The number of rotatable bonds is 5. The highest BCUT2D eigenvalue weighted by Gasteiger charge is 2.40. The van der Waals surface area contributed by atoms with Gasteiger partial charge in [0.1, 0.15) is 5.54 Å². The van der Waals surface area contributed by atoms with Crippen molar-refractivity contribution < 1.29 is 9.32 Å². The Balaban J connectivity index is 2.10. The molecule has 6 nitrogen and oxygen atoms in total. The van der Waals surface area contributed by atoms with Gasteiger partial charge in [0.15, 0.2) is 5.82 Å². The summed E-state index contributed by atoms with van der Waals surface area (Å²) in [5, 5.41) is 7.06. The van der Waals surface area contributed by atoms with Crippen LogP contribution in [0.2, 0.25) is 0 Å². The molecule has 1 aromatic heterocycles. The van der Waals surface area contributed by atoms with Crippen LogP contribution in [0.4, 0.5) is 0 Å². The van der Waals surface area contributed by atoms with Gasteiger partial charge in [-0.15, -0.1) is 0 Å². The molecule has 1 heterocycles. The van der Waals surface area contributed by atoms with Gasteiger partial charge in [-0.1, -0.05) is 18.0 Å². The zero-order chi connectivity index (χ0) is 13.0. The number of hydrogen-bond donors (Lipinski definition) is 2. The Morgan fingerprint density at radius 1 is 1.50 bits per heavy atom. The molecule has 1 saturated carbocycles. The minimum Gasteiger partial charge on any atom is -0.343 e. The third kappa shape index (κ3) is 2.69. The lowest BCUT2D eigenvalue weighted by atomic mass is 9.96. The van der Waals surface area contributed by atoms with Gasteiger partial charge >= 0.3 is 0 Å². The number of aryl methyl sites for hydroxylation is 1. The third-order valence-corrected chi connectivity index (χ3v) is 3.40. The van der Waals surface area contributed by atoms with Crippen LogP contribution in [-0.4, -0.2) is 22.6 Å². The monoisotopic (exact) mass is 252 g/mol. The van der Waals surface area contributed by atoms with Crippen molar-refractivity contribution in [1.29, 1.82) is 0 Å². The van der Waals surface area contributed by atoms with E-state index in [0.29, 0.717) is 31.1 Å². The van der Waals surface area contributed by atoms with Crippen molar-refractivity contribution in [2.45, 2.75) is 51.0 Å². The number of amides is 1. The molecule has 1 aliphatic carbocycles. The predicted octanol–water partition coefficient (Wildman–Crippen LogP) is 1.00. The zero-order valence-corrected chi connectivity index (χ0v) is 10.7. The van der Waals surface area contributed by atoms with Crippen molar-refractivity contribution in [3.63, 3.8) is 0 Å². The van der Waals surface area contributed by atoms with Gasteiger partial charge in [-0.25, -0.2) is 0 Å². The average Bonchev–Trinajstić information content (AvgIpc) is 2.96. The first kappa shape index (κ1) is 13.0. The lowest BCUT2D eigenvalue weighted by Crippen LogP contribution is -2.44. The summed E-state index contributed by atoms with van der Waals surface area (Å²) < 4.78 is 5.03. The van der Waals surface area contributed by atoms with E-state index in [1.54, 1.807) is 6.92 Å². The predicted molar refractivity (Wildman–Crippen MR) is 65.6 cm³/mol. The molecule has 0 bridgehead atoms. The third-order valence-electron chi connectivity index (χ3n) is 3.40. The molecule has 18 heavy (non-hydrogen) atoms. The highest BCUT2D eigenvalue weighted by molar-refractivity contribution is 5.76. The highest BCUT2D eigenvalue weighted by atomic mass is 16.5. The summed E-state index contributed by atoms with van der Waals surface area (Å²) in [5.74, 6) is 1.16. The van der Waals surface area contributed by atoms with Gasteiger partial charge in [0, 0.05) is 13.3 Å². The van der Waals surface area contributed by atoms with Crippen molar-refractivity contribution in [1.82, 2.24) is 15.5 Å². The number of nitrogens with two attached hydrogens (primary N) is 1. The number of carbonyl (C=O) groups is 1. The molecule has 0 unspecified atom stereocenters. The van der Waals surface area contributed by atoms with Crippen LogP contribution in [0.25, 0.3) is 0 Å². The van der Waals surface area contributed by atoms with Gasteiger partial charge in [-0.2, -0.15) is 4.98 Å². The maximum Gasteiger partial charge on any atom is 0.223 e. The van der Waals surface area contributed by atoms with E-state index in [9.17, 15) is 4.79 Å². The van der Waals surface area contributed by atoms with Crippen LogP contribution in [-0.2, 0) is 10.3 Å². The van der Waals surface area contributed by atoms with Crippen LogP contribution in [0.1, 0.15) is 50.2 Å². The molecular formula is C12H20N4O2. The summed E-state index contributed by atoms with van der Waals surface area (Å²) in [6.45, 7) is 2.29. The van der Waals surface area contributed by atoms with Gasteiger partial charge < -0.3 is 15.6 Å². The fraction of sp³-hybridized carbons (Fsp3) is 0.750. The molecule has 0 aliphatic heterocycles. The van der Waals surface area contributed by atoms with Crippen molar-refractivity contribution >= 4 is 5.91 Å². The van der Waals surface area contributed by atoms with Gasteiger partial charge in [-0.05, 0) is 25.8 Å². The van der Waals surface area contributed by atoms with Gasteiger partial charge in [0.25, 0.3) is 0 Å². The van der Waals surface area contributed by atoms with Crippen molar-refractivity contribution in [3.8, 4) is 0 Å². The zero-order valence-electron chi connectivity index (χ0n) is 10.7. The van der Waals surface area contributed by atoms with Crippen LogP contribution in [0, 0.1) is 6.92 Å². The number of aromatic nitrogens is 2. The minimum absolute atomic E-state index is 0.0183. The van der Waals surface area contributed by atoms with E-state index in [4.69, 9.17) is 10.3 Å². The molecule has 1 aliphatic rings. The number of nitrogens with zero attached hydrogens (tertiary/aromatic N) is 2. The molecule has 0 spiro atoms. The molecule has 1 aromatic rings. The van der Waals surface area contributed by atoms with E-state index in [1.165, 1.54) is 0 Å². The lowest BCUT2D eigenvalue weighted by molar-refractivity contribution is -0.123. The van der Waals surface area contributed by atoms with Gasteiger partial charge in [-0.3, -0.25) is 4.79 Å². The second kappa shape index (κ2) is 5.48. The van der Waals surface area contributed by atoms with E-state index in [-0.39, 0.29) is 5.91 Å². The molecule has 2 rings (SSSR count). The molecule has 0 radical (unpaired) electrons. The summed E-state index contributed by atoms with van der Waals surface area (Å²) in [6, 6.07) is 0. The SMILES string of the molecule is Cc1nc(C2(NC(=O)CCCN)CCCC2)no1. The Labute approximate surface area is 106 Å². The second-order valence-corrected chi connectivity index (χ2v) is 4.87. The van der Waals surface area contributed by atoms with E-state index >= 15 is 0 Å². The van der Waals surface area contributed by atoms with E-state index in [0.717, 1.165) is 25.7 Å². The number of hydrogen-bond acceptors (Lipinski definition) is 5. The Hall–Kier alpha value is -1.43. The van der Waals surface area contributed by atoms with Gasteiger partial charge in [0.2, 0.25) is 11.8 Å². The molecule has 1 amide bonds. The molecular weight excluding hydrogens is 232 g/mol. The Morgan fingerprint density at radius 2 is 2.22 bits per heavy atom. The molecule has 0 saturated heterocycles. The molecule has 3 N–H and O–H groups in total. The summed E-state index contributed by atoms with van der Waals surface area (Å²) in [4.78, 5) is 16.2. The fourth-order valence-corrected chi connectivity index (χ4v) is 2.47. The highest BCUT2D eigenvalue weighted by Crippen LogP contribution is 2.37. The first-order valence-corrected chi connectivity index (χ1v) is 6.48. The maximum absolute atomic E-state index is 11.9. The number of carbonyl (C=O) groups excluding carboxylic acids is 1. The standard InChI is InChI=1S/C12H20N4O2/c1-9-14-11(16-18-9)12(6-2-3-7-12)15-10(17)5-4-8-13/h2-8,13H2,1H3,(H,15,17). The van der Waals surface area contributed by atoms with E-state index < -0.39 is 5.54 Å². The fourth-order valence-electron chi connectivity index (χ4n) is 2.47. The Bertz CT molecular complexity index is 410. The van der Waals surface area contributed by atoms with Gasteiger partial charge in [0.05, 0.1) is 0 Å². The number of nitrogens with one attached hydrogen (secondary N) is 1. The average molecular weight is 252 g/mol. The minimum atomic E-state index is -0.427. The van der Waals surface area contributed by atoms with Crippen LogP contribution in [0.5, 0.6) is 0 Å². The lowest BCUT2D eigenvalue weighted by Gasteiger charge is -2.26. The second-order valence-electron chi connectivity index (χ2n) is 4.87. The maximum atomic E-state index is 11.9. The first-order chi connectivity index (χ1) is 8.66. The summed E-state index contributed by atoms with van der Waals surface area (Å²) in [6.07, 6.45) is 5.05. The van der Waals surface area contributed by atoms with Crippen LogP contribution in [0.15, 0.2) is 4.52 Å². The summed E-state index contributed by atoms with van der Waals surface area (Å²) in [7, 11) is 0. The van der Waals surface area contributed by atoms with Crippen LogP contribution < -0.4 is 11.1 Å². The van der Waals surface area contributed by atoms with Crippen molar-refractivity contribution in [2.75, 3.05) is 6.54 Å². The summed E-state index contributed by atoms with van der Waals surface area (Å²) in [5.41, 5.74) is 4.99. The molecule has 0 atom stereocenters. The van der Waals surface area contributed by atoms with E-state index in [1.807, 2.05) is 0 Å². The van der Waals surface area contributed by atoms with Crippen molar-refractivity contribution in [2.24, 2.45) is 5.73 Å². The molecule has 100 valence electrons. The smallest absolute Gasteiger partial charge is 0.223 e. The van der Waals surface area contributed by atoms with E-state index in [2.05, 4.69) is 15.5 Å². The molecule has 1 fully saturated rings. The quantitative estimate of drug-likeness (QED) is 0.815.